The molecule has 1 N–H and O–H groups in total. The number of likely N-dealkylation sites (N-methyl/N-ethyl adjacent to an activating group) is 1. The fourth-order valence-electron chi connectivity index (χ4n) is 2.16. The van der Waals surface area contributed by atoms with Gasteiger partial charge in [-0.2, -0.15) is 0 Å². The lowest BCUT2D eigenvalue weighted by Gasteiger charge is -2.35. The molecule has 0 spiro atoms. The lowest BCUT2D eigenvalue weighted by atomic mass is 10.0. The molecule has 0 aromatic heterocycles. The Balaban J connectivity index is 2.37. The normalized spacial score (nSPS) is 21.1. The molecule has 1 rings (SSSR count). The van der Waals surface area contributed by atoms with Gasteiger partial charge >= 0.3 is 0 Å². The van der Waals surface area contributed by atoms with E-state index in [4.69, 9.17) is 4.74 Å². The van der Waals surface area contributed by atoms with Gasteiger partial charge in [0.1, 0.15) is 6.61 Å². The third-order valence-electron chi connectivity index (χ3n) is 2.96. The van der Waals surface area contributed by atoms with E-state index in [1.165, 1.54) is 6.42 Å². The number of piperidine rings is 1. The van der Waals surface area contributed by atoms with Gasteiger partial charge in [0.2, 0.25) is 5.91 Å². The van der Waals surface area contributed by atoms with Gasteiger partial charge in [-0.15, -0.1) is 0 Å². The summed E-state index contributed by atoms with van der Waals surface area (Å²) in [6, 6.07) is 0.358. The molecule has 0 aromatic carbocycles. The quantitative estimate of drug-likeness (QED) is 0.690. The summed E-state index contributed by atoms with van der Waals surface area (Å²) in [5, 5.41) is 3.15. The van der Waals surface area contributed by atoms with Gasteiger partial charge in [-0.25, -0.2) is 0 Å². The van der Waals surface area contributed by atoms with Crippen LogP contribution >= 0.6 is 0 Å². The molecule has 4 nitrogen and oxygen atoms in total. The van der Waals surface area contributed by atoms with Crippen LogP contribution < -0.4 is 5.32 Å². The Morgan fingerprint density at radius 2 is 2.31 bits per heavy atom. The Bertz CT molecular complexity index is 207. The number of amides is 1. The number of nitrogens with zero attached hydrogens (tertiary/aromatic N) is 1. The Hall–Kier alpha value is -0.610. The topological polar surface area (TPSA) is 41.6 Å². The summed E-state index contributed by atoms with van der Waals surface area (Å²) < 4.78 is 5.31. The second kappa shape index (κ2) is 7.63. The van der Waals surface area contributed by atoms with Crippen molar-refractivity contribution in [3.8, 4) is 0 Å². The number of carbonyl (C=O) groups is 1. The zero-order valence-corrected chi connectivity index (χ0v) is 10.5. The summed E-state index contributed by atoms with van der Waals surface area (Å²) in [5.74, 6) is 0.147. The monoisotopic (exact) mass is 228 g/mol. The van der Waals surface area contributed by atoms with E-state index in [0.29, 0.717) is 12.6 Å². The van der Waals surface area contributed by atoms with Gasteiger partial charge in [-0.1, -0.05) is 6.92 Å². The molecule has 4 heteroatoms. The summed E-state index contributed by atoms with van der Waals surface area (Å²) in [5.41, 5.74) is 0. The Labute approximate surface area is 98.3 Å². The van der Waals surface area contributed by atoms with E-state index in [1.54, 1.807) is 0 Å². The highest BCUT2D eigenvalue weighted by molar-refractivity contribution is 5.77. The van der Waals surface area contributed by atoms with Crippen LogP contribution in [0.5, 0.6) is 0 Å². The maximum Gasteiger partial charge on any atom is 0.248 e. The van der Waals surface area contributed by atoms with Crippen LogP contribution in [0.25, 0.3) is 0 Å². The highest BCUT2D eigenvalue weighted by Gasteiger charge is 2.25. The van der Waals surface area contributed by atoms with Gasteiger partial charge in [0, 0.05) is 25.7 Å². The molecule has 0 radical (unpaired) electrons. The zero-order valence-electron chi connectivity index (χ0n) is 10.5. The third-order valence-corrected chi connectivity index (χ3v) is 2.96. The van der Waals surface area contributed by atoms with Crippen LogP contribution in [-0.2, 0) is 9.53 Å². The summed E-state index contributed by atoms with van der Waals surface area (Å²) in [6.07, 6.45) is 4.43. The number of nitrogens with one attached hydrogen (secondary N) is 1. The van der Waals surface area contributed by atoms with Crippen molar-refractivity contribution in [3.63, 3.8) is 0 Å². The molecular weight excluding hydrogens is 204 g/mol. The highest BCUT2D eigenvalue weighted by Crippen LogP contribution is 2.16. The molecule has 0 aliphatic carbocycles. The van der Waals surface area contributed by atoms with Crippen LogP contribution in [0.2, 0.25) is 0 Å². The standard InChI is InChI=1S/C12H24N2O2/c1-3-8-16-10-12(15)14-7-5-4-6-11(14)9-13-2/h11,13H,3-10H2,1-2H3. The van der Waals surface area contributed by atoms with Gasteiger partial charge in [0.25, 0.3) is 0 Å². The maximum atomic E-state index is 11.9. The molecule has 1 aliphatic heterocycles. The lowest BCUT2D eigenvalue weighted by Crippen LogP contribution is -2.49. The molecule has 1 heterocycles. The third kappa shape index (κ3) is 4.10. The van der Waals surface area contributed by atoms with Crippen LogP contribution in [-0.4, -0.2) is 50.2 Å². The van der Waals surface area contributed by atoms with Crippen molar-refractivity contribution in [2.24, 2.45) is 0 Å². The molecule has 1 fully saturated rings. The molecular formula is C12H24N2O2. The van der Waals surface area contributed by atoms with E-state index in [9.17, 15) is 4.79 Å². The molecule has 1 unspecified atom stereocenters. The molecule has 1 amide bonds. The number of likely N-dealkylation sites (tertiary alicyclic amines) is 1. The smallest absolute Gasteiger partial charge is 0.248 e. The van der Waals surface area contributed by atoms with E-state index >= 15 is 0 Å². The molecule has 0 bridgehead atoms. The van der Waals surface area contributed by atoms with Crippen molar-refractivity contribution in [3.05, 3.63) is 0 Å². The van der Waals surface area contributed by atoms with Crippen molar-refractivity contribution in [2.75, 3.05) is 33.4 Å². The van der Waals surface area contributed by atoms with Crippen LogP contribution in [0, 0.1) is 0 Å². The van der Waals surface area contributed by atoms with Gasteiger partial charge in [0.15, 0.2) is 0 Å². The molecule has 0 aromatic rings. The van der Waals surface area contributed by atoms with Gasteiger partial charge in [-0.05, 0) is 32.7 Å². The fraction of sp³-hybridized carbons (Fsp3) is 0.917. The predicted molar refractivity (Wildman–Crippen MR) is 64.4 cm³/mol. The fourth-order valence-corrected chi connectivity index (χ4v) is 2.16. The predicted octanol–water partition coefficient (Wildman–Crippen LogP) is 1.01. The summed E-state index contributed by atoms with van der Waals surface area (Å²) in [4.78, 5) is 13.9. The Morgan fingerprint density at radius 1 is 1.50 bits per heavy atom. The van der Waals surface area contributed by atoms with Crippen molar-refractivity contribution in [1.82, 2.24) is 10.2 Å². The second-order valence-corrected chi connectivity index (χ2v) is 4.35. The van der Waals surface area contributed by atoms with E-state index in [2.05, 4.69) is 12.2 Å². The van der Waals surface area contributed by atoms with Gasteiger partial charge in [0.05, 0.1) is 0 Å². The number of hydrogen-bond acceptors (Lipinski definition) is 3. The Kier molecular flexibility index (Phi) is 6.42. The summed E-state index contributed by atoms with van der Waals surface area (Å²) in [7, 11) is 1.94. The second-order valence-electron chi connectivity index (χ2n) is 4.35. The van der Waals surface area contributed by atoms with Crippen molar-refractivity contribution >= 4 is 5.91 Å². The molecule has 1 aliphatic rings. The highest BCUT2D eigenvalue weighted by atomic mass is 16.5. The van der Waals surface area contributed by atoms with Crippen LogP contribution in [0.3, 0.4) is 0 Å². The van der Waals surface area contributed by atoms with E-state index in [0.717, 1.165) is 32.4 Å². The summed E-state index contributed by atoms with van der Waals surface area (Å²) >= 11 is 0. The maximum absolute atomic E-state index is 11.9. The molecule has 1 saturated heterocycles. The lowest BCUT2D eigenvalue weighted by molar-refractivity contribution is -0.139. The molecule has 16 heavy (non-hydrogen) atoms. The summed E-state index contributed by atoms with van der Waals surface area (Å²) in [6.45, 7) is 4.75. The minimum Gasteiger partial charge on any atom is -0.372 e. The number of rotatable bonds is 6. The van der Waals surface area contributed by atoms with Crippen LogP contribution in [0.1, 0.15) is 32.6 Å². The van der Waals surface area contributed by atoms with E-state index in [-0.39, 0.29) is 12.5 Å². The average Bonchev–Trinajstić information content (AvgIpc) is 2.30. The first kappa shape index (κ1) is 13.5. The molecule has 1 atom stereocenters. The van der Waals surface area contributed by atoms with Crippen LogP contribution in [0.4, 0.5) is 0 Å². The van der Waals surface area contributed by atoms with Crippen molar-refractivity contribution in [2.45, 2.75) is 38.6 Å². The van der Waals surface area contributed by atoms with Gasteiger partial charge in [-0.3, -0.25) is 4.79 Å². The first-order chi connectivity index (χ1) is 7.79. The Morgan fingerprint density at radius 3 is 3.00 bits per heavy atom. The average molecular weight is 228 g/mol. The van der Waals surface area contributed by atoms with Gasteiger partial charge < -0.3 is 15.0 Å². The minimum atomic E-state index is 0.147. The SMILES string of the molecule is CCCOCC(=O)N1CCCCC1CNC. The van der Waals surface area contributed by atoms with Crippen LogP contribution in [0.15, 0.2) is 0 Å². The molecule has 94 valence electrons. The first-order valence-electron chi connectivity index (χ1n) is 6.31. The number of hydrogen-bond donors (Lipinski definition) is 1. The van der Waals surface area contributed by atoms with Crippen molar-refractivity contribution in [1.29, 1.82) is 0 Å². The van der Waals surface area contributed by atoms with E-state index < -0.39 is 0 Å². The van der Waals surface area contributed by atoms with Crippen molar-refractivity contribution < 1.29 is 9.53 Å². The minimum absolute atomic E-state index is 0.147. The number of carbonyl (C=O) groups excluding carboxylic acids is 1. The first-order valence-corrected chi connectivity index (χ1v) is 6.31. The largest absolute Gasteiger partial charge is 0.372 e. The number of ether oxygens (including phenoxy) is 1. The zero-order chi connectivity index (χ0) is 11.8. The van der Waals surface area contributed by atoms with E-state index in [1.807, 2.05) is 11.9 Å². The molecule has 0 saturated carbocycles.